The Kier molecular flexibility index (Phi) is 5.25. The summed E-state index contributed by atoms with van der Waals surface area (Å²) in [6.45, 7) is 3.09. The fourth-order valence-electron chi connectivity index (χ4n) is 1.88. The molecule has 0 aliphatic carbocycles. The third kappa shape index (κ3) is 3.14. The highest BCUT2D eigenvalue weighted by Crippen LogP contribution is 2.23. The van der Waals surface area contributed by atoms with E-state index in [-0.39, 0.29) is 18.4 Å². The Morgan fingerprint density at radius 2 is 1.60 bits per heavy atom. The van der Waals surface area contributed by atoms with E-state index in [1.54, 1.807) is 13.8 Å². The highest BCUT2D eigenvalue weighted by atomic mass is 16.6. The van der Waals surface area contributed by atoms with Gasteiger partial charge in [0.1, 0.15) is 5.92 Å². The number of para-hydroxylation sites is 1. The Morgan fingerprint density at radius 1 is 1.10 bits per heavy atom. The van der Waals surface area contributed by atoms with Crippen LogP contribution in [0.25, 0.3) is 0 Å². The zero-order valence-electron chi connectivity index (χ0n) is 11.3. The number of ketones is 3. The Morgan fingerprint density at radius 3 is 2.05 bits per heavy atom. The van der Waals surface area contributed by atoms with Crippen LogP contribution in [-0.2, 0) is 9.59 Å². The van der Waals surface area contributed by atoms with Gasteiger partial charge in [-0.15, -0.1) is 0 Å². The number of rotatable bonds is 7. The van der Waals surface area contributed by atoms with E-state index in [9.17, 15) is 24.5 Å². The average molecular weight is 277 g/mol. The number of hydrogen-bond donors (Lipinski definition) is 0. The second kappa shape index (κ2) is 6.70. The van der Waals surface area contributed by atoms with Crippen LogP contribution in [0.4, 0.5) is 5.69 Å². The van der Waals surface area contributed by atoms with Crippen LogP contribution in [0.1, 0.15) is 37.0 Å². The summed E-state index contributed by atoms with van der Waals surface area (Å²) >= 11 is 0. The van der Waals surface area contributed by atoms with E-state index in [0.717, 1.165) is 0 Å². The molecule has 0 aliphatic heterocycles. The number of benzene rings is 1. The lowest BCUT2D eigenvalue weighted by molar-refractivity contribution is -0.385. The zero-order chi connectivity index (χ0) is 15.3. The second-order valence-corrected chi connectivity index (χ2v) is 4.21. The summed E-state index contributed by atoms with van der Waals surface area (Å²) in [5.41, 5.74) is -0.596. The van der Waals surface area contributed by atoms with E-state index in [0.29, 0.717) is 0 Å². The molecule has 0 radical (unpaired) electrons. The van der Waals surface area contributed by atoms with Crippen LogP contribution in [0, 0.1) is 16.0 Å². The maximum absolute atomic E-state index is 12.3. The number of nitro groups is 1. The first kappa shape index (κ1) is 15.7. The lowest BCUT2D eigenvalue weighted by Crippen LogP contribution is -2.31. The predicted octanol–water partition coefficient (Wildman–Crippen LogP) is 2.35. The van der Waals surface area contributed by atoms with Gasteiger partial charge in [-0.2, -0.15) is 0 Å². The molecule has 0 aromatic heterocycles. The van der Waals surface area contributed by atoms with Gasteiger partial charge >= 0.3 is 0 Å². The molecule has 0 N–H and O–H groups in total. The van der Waals surface area contributed by atoms with Crippen LogP contribution in [0.5, 0.6) is 0 Å². The van der Waals surface area contributed by atoms with Crippen molar-refractivity contribution < 1.29 is 19.3 Å². The molecule has 0 bridgehead atoms. The van der Waals surface area contributed by atoms with Gasteiger partial charge in [-0.3, -0.25) is 24.5 Å². The van der Waals surface area contributed by atoms with Gasteiger partial charge < -0.3 is 0 Å². The molecule has 0 fully saturated rings. The number of nitrogens with zero attached hydrogens (tertiary/aromatic N) is 1. The molecular weight excluding hydrogens is 262 g/mol. The lowest BCUT2D eigenvalue weighted by Gasteiger charge is -2.12. The molecule has 6 heteroatoms. The first-order valence-corrected chi connectivity index (χ1v) is 6.27. The van der Waals surface area contributed by atoms with E-state index in [1.165, 1.54) is 24.3 Å². The lowest BCUT2D eigenvalue weighted by atomic mass is 9.87. The van der Waals surface area contributed by atoms with Crippen molar-refractivity contribution in [3.05, 3.63) is 39.9 Å². The molecule has 0 atom stereocenters. The summed E-state index contributed by atoms with van der Waals surface area (Å²) in [4.78, 5) is 46.1. The maximum atomic E-state index is 12.3. The van der Waals surface area contributed by atoms with E-state index < -0.39 is 33.9 Å². The molecular formula is C14H15NO5. The Balaban J connectivity index is 3.30. The summed E-state index contributed by atoms with van der Waals surface area (Å²) < 4.78 is 0. The smallest absolute Gasteiger partial charge is 0.280 e. The summed E-state index contributed by atoms with van der Waals surface area (Å²) in [5, 5.41) is 10.9. The molecule has 106 valence electrons. The van der Waals surface area contributed by atoms with Gasteiger partial charge in [0.15, 0.2) is 17.3 Å². The molecule has 1 aromatic rings. The minimum absolute atomic E-state index is 0.0305. The van der Waals surface area contributed by atoms with Gasteiger partial charge in [-0.05, 0) is 6.07 Å². The average Bonchev–Trinajstić information content (AvgIpc) is 2.46. The molecule has 0 aliphatic rings. The topological polar surface area (TPSA) is 94.3 Å². The van der Waals surface area contributed by atoms with Crippen molar-refractivity contribution in [1.82, 2.24) is 0 Å². The third-order valence-electron chi connectivity index (χ3n) is 2.97. The Bertz CT molecular complexity index is 548. The fraction of sp³-hybridized carbons (Fsp3) is 0.357. The van der Waals surface area contributed by atoms with Gasteiger partial charge in [-0.1, -0.05) is 26.0 Å². The van der Waals surface area contributed by atoms with E-state index in [4.69, 9.17) is 0 Å². The second-order valence-electron chi connectivity index (χ2n) is 4.21. The molecule has 0 saturated heterocycles. The molecule has 1 aromatic carbocycles. The standard InChI is InChI=1S/C14H15NO5/c1-3-11(16)13(12(17)4-2)14(18)9-7-5-6-8-10(9)15(19)20/h5-8,13H,3-4H2,1-2H3. The molecule has 20 heavy (non-hydrogen) atoms. The minimum Gasteiger partial charge on any atom is -0.298 e. The van der Waals surface area contributed by atoms with Crippen molar-refractivity contribution in [3.63, 3.8) is 0 Å². The highest BCUT2D eigenvalue weighted by molar-refractivity contribution is 6.25. The van der Waals surface area contributed by atoms with Gasteiger partial charge in [0.25, 0.3) is 5.69 Å². The molecule has 0 heterocycles. The molecule has 0 saturated carbocycles. The Labute approximate surface area is 115 Å². The molecule has 1 rings (SSSR count). The minimum atomic E-state index is -1.44. The quantitative estimate of drug-likeness (QED) is 0.330. The Hall–Kier alpha value is -2.37. The third-order valence-corrected chi connectivity index (χ3v) is 2.97. The van der Waals surface area contributed by atoms with Gasteiger partial charge in [0, 0.05) is 18.9 Å². The summed E-state index contributed by atoms with van der Waals surface area (Å²) in [6, 6.07) is 5.33. The van der Waals surface area contributed by atoms with Crippen molar-refractivity contribution in [2.24, 2.45) is 5.92 Å². The molecule has 0 unspecified atom stereocenters. The van der Waals surface area contributed by atoms with Crippen molar-refractivity contribution in [1.29, 1.82) is 0 Å². The van der Waals surface area contributed by atoms with E-state index in [1.807, 2.05) is 0 Å². The number of carbonyl (C=O) groups excluding carboxylic acids is 3. The summed E-state index contributed by atoms with van der Waals surface area (Å²) in [6.07, 6.45) is 0.0611. The fourth-order valence-corrected chi connectivity index (χ4v) is 1.88. The van der Waals surface area contributed by atoms with Crippen LogP contribution >= 0.6 is 0 Å². The van der Waals surface area contributed by atoms with Crippen LogP contribution in [0.2, 0.25) is 0 Å². The summed E-state index contributed by atoms with van der Waals surface area (Å²) in [7, 11) is 0. The molecule has 0 amide bonds. The van der Waals surface area contributed by atoms with Gasteiger partial charge in [0.2, 0.25) is 0 Å². The number of hydrogen-bond acceptors (Lipinski definition) is 5. The van der Waals surface area contributed by atoms with Crippen molar-refractivity contribution in [2.75, 3.05) is 0 Å². The first-order valence-electron chi connectivity index (χ1n) is 6.27. The number of Topliss-reactive ketones (excluding diaryl/α,β-unsaturated/α-hetero) is 3. The highest BCUT2D eigenvalue weighted by Gasteiger charge is 2.35. The zero-order valence-corrected chi connectivity index (χ0v) is 11.3. The van der Waals surface area contributed by atoms with Crippen LogP contribution in [0.3, 0.4) is 0 Å². The van der Waals surface area contributed by atoms with Crippen LogP contribution in [-0.4, -0.2) is 22.3 Å². The number of carbonyl (C=O) groups is 3. The SMILES string of the molecule is CCC(=O)C(C(=O)CC)C(=O)c1ccccc1[N+](=O)[O-]. The van der Waals surface area contributed by atoms with E-state index in [2.05, 4.69) is 0 Å². The van der Waals surface area contributed by atoms with Gasteiger partial charge in [-0.25, -0.2) is 0 Å². The predicted molar refractivity (Wildman–Crippen MR) is 71.5 cm³/mol. The molecule has 0 spiro atoms. The van der Waals surface area contributed by atoms with Crippen molar-refractivity contribution >= 4 is 23.0 Å². The van der Waals surface area contributed by atoms with Crippen LogP contribution in [0.15, 0.2) is 24.3 Å². The van der Waals surface area contributed by atoms with E-state index >= 15 is 0 Å². The maximum Gasteiger partial charge on any atom is 0.280 e. The van der Waals surface area contributed by atoms with Crippen LogP contribution < -0.4 is 0 Å². The molecule has 6 nitrogen and oxygen atoms in total. The normalized spacial score (nSPS) is 10.3. The summed E-state index contributed by atoms with van der Waals surface area (Å²) in [5.74, 6) is -3.26. The largest absolute Gasteiger partial charge is 0.298 e. The van der Waals surface area contributed by atoms with Crippen molar-refractivity contribution in [3.8, 4) is 0 Å². The van der Waals surface area contributed by atoms with Gasteiger partial charge in [0.05, 0.1) is 10.5 Å². The number of nitro benzene ring substituents is 1. The monoisotopic (exact) mass is 277 g/mol. The van der Waals surface area contributed by atoms with Crippen molar-refractivity contribution in [2.45, 2.75) is 26.7 Å². The first-order chi connectivity index (χ1) is 9.43.